The maximum absolute atomic E-state index is 11.7. The maximum Gasteiger partial charge on any atom is 0.247 e. The molecule has 1 amide bonds. The Labute approximate surface area is 208 Å². The molecule has 0 bridgehead atoms. The number of carbonyl (C=O) groups excluding carboxylic acids is 1. The average Bonchev–Trinajstić information content (AvgIpc) is 3.34. The minimum Gasteiger partial charge on any atom is -0.370 e. The second kappa shape index (κ2) is 9.76. The van der Waals surface area contributed by atoms with Gasteiger partial charge in [0.05, 0.1) is 28.0 Å². The smallest absolute Gasteiger partial charge is 0.247 e. The Morgan fingerprint density at radius 2 is 2.00 bits per heavy atom. The van der Waals surface area contributed by atoms with Gasteiger partial charge in [-0.2, -0.15) is 10.1 Å². The van der Waals surface area contributed by atoms with Crippen LogP contribution in [-0.2, 0) is 4.79 Å². The Hall–Kier alpha value is -3.91. The summed E-state index contributed by atoms with van der Waals surface area (Å²) < 4.78 is 0. The predicted molar refractivity (Wildman–Crippen MR) is 141 cm³/mol. The first-order chi connectivity index (χ1) is 17.0. The molecule has 0 saturated carbocycles. The molecule has 3 N–H and O–H groups in total. The van der Waals surface area contributed by atoms with Gasteiger partial charge in [-0.1, -0.05) is 37.2 Å². The second-order valence-electron chi connectivity index (χ2n) is 8.76. The number of H-pyrrole nitrogens is 1. The number of nitrogens with one attached hydrogen (secondary N) is 3. The monoisotopic (exact) mass is 487 g/mol. The van der Waals surface area contributed by atoms with Gasteiger partial charge >= 0.3 is 0 Å². The minimum absolute atomic E-state index is 0.276. The first kappa shape index (κ1) is 22.9. The molecule has 0 radical (unpaired) electrons. The lowest BCUT2D eigenvalue weighted by atomic mass is 9.99. The van der Waals surface area contributed by atoms with E-state index in [1.165, 1.54) is 6.08 Å². The number of piperidine rings is 1. The summed E-state index contributed by atoms with van der Waals surface area (Å²) in [5.74, 6) is 0.892. The number of aromatic amines is 1. The topological polar surface area (TPSA) is 98.8 Å². The highest BCUT2D eigenvalue weighted by molar-refractivity contribution is 6.33. The van der Waals surface area contributed by atoms with E-state index < -0.39 is 0 Å². The molecule has 8 nitrogen and oxygen atoms in total. The zero-order chi connectivity index (χ0) is 24.4. The molecule has 0 aliphatic carbocycles. The van der Waals surface area contributed by atoms with E-state index in [0.717, 1.165) is 59.2 Å². The molecule has 5 rings (SSSR count). The number of benzene rings is 2. The summed E-state index contributed by atoms with van der Waals surface area (Å²) in [6.07, 6.45) is 5.24. The number of carbonyl (C=O) groups is 1. The van der Waals surface area contributed by atoms with Crippen molar-refractivity contribution in [3.8, 4) is 11.3 Å². The first-order valence-electron chi connectivity index (χ1n) is 11.6. The zero-order valence-corrected chi connectivity index (χ0v) is 20.1. The van der Waals surface area contributed by atoms with Crippen molar-refractivity contribution in [1.82, 2.24) is 20.2 Å². The third-order valence-corrected chi connectivity index (χ3v) is 6.54. The second-order valence-corrected chi connectivity index (χ2v) is 9.17. The first-order valence-corrected chi connectivity index (χ1v) is 11.9. The van der Waals surface area contributed by atoms with Gasteiger partial charge in [0.25, 0.3) is 0 Å². The predicted octanol–water partition coefficient (Wildman–Crippen LogP) is 5.78. The fourth-order valence-corrected chi connectivity index (χ4v) is 4.50. The van der Waals surface area contributed by atoms with Crippen LogP contribution in [0.3, 0.4) is 0 Å². The van der Waals surface area contributed by atoms with Crippen LogP contribution >= 0.6 is 11.6 Å². The largest absolute Gasteiger partial charge is 0.370 e. The number of aromatic nitrogens is 4. The number of amides is 1. The fourth-order valence-electron chi connectivity index (χ4n) is 4.26. The van der Waals surface area contributed by atoms with Crippen LogP contribution in [0.15, 0.2) is 61.3 Å². The summed E-state index contributed by atoms with van der Waals surface area (Å²) >= 11 is 6.55. The van der Waals surface area contributed by atoms with Gasteiger partial charge in [-0.05, 0) is 55.2 Å². The van der Waals surface area contributed by atoms with E-state index in [-0.39, 0.29) is 5.91 Å². The molecule has 2 aromatic carbocycles. The normalized spacial score (nSPS) is 14.2. The average molecular weight is 488 g/mol. The number of hydrogen-bond acceptors (Lipinski definition) is 6. The van der Waals surface area contributed by atoms with E-state index in [1.54, 1.807) is 6.20 Å². The van der Waals surface area contributed by atoms with Crippen molar-refractivity contribution in [3.63, 3.8) is 0 Å². The standard InChI is InChI=1S/C26H26ClN7O/c1-3-23(35)29-18-6-4-5-17(13-18)24-20-15-28-33-25(20)32-26(31-24)30-19-7-8-21(27)22(14-19)34-11-9-16(2)10-12-34/h3-8,13-16H,1,9-12H2,2H3,(H,29,35)(H2,28,30,31,32,33). The van der Waals surface area contributed by atoms with E-state index in [2.05, 4.69) is 44.2 Å². The van der Waals surface area contributed by atoms with Gasteiger partial charge < -0.3 is 15.5 Å². The van der Waals surface area contributed by atoms with E-state index in [9.17, 15) is 4.79 Å². The molecular weight excluding hydrogens is 462 g/mol. The van der Waals surface area contributed by atoms with E-state index >= 15 is 0 Å². The van der Waals surface area contributed by atoms with Crippen LogP contribution in [0, 0.1) is 5.92 Å². The highest BCUT2D eigenvalue weighted by Gasteiger charge is 2.19. The highest BCUT2D eigenvalue weighted by Crippen LogP contribution is 2.34. The van der Waals surface area contributed by atoms with Crippen LogP contribution in [0.1, 0.15) is 19.8 Å². The molecular formula is C26H26ClN7O. The summed E-state index contributed by atoms with van der Waals surface area (Å²) in [4.78, 5) is 23.5. The molecule has 4 aromatic rings. The van der Waals surface area contributed by atoms with Crippen molar-refractivity contribution >= 4 is 51.6 Å². The van der Waals surface area contributed by atoms with Crippen LogP contribution in [0.2, 0.25) is 5.02 Å². The molecule has 1 aliphatic heterocycles. The van der Waals surface area contributed by atoms with Gasteiger partial charge in [-0.3, -0.25) is 9.89 Å². The van der Waals surface area contributed by atoms with Crippen molar-refractivity contribution < 1.29 is 4.79 Å². The van der Waals surface area contributed by atoms with Crippen LogP contribution in [-0.4, -0.2) is 39.2 Å². The Morgan fingerprint density at radius 3 is 2.80 bits per heavy atom. The third-order valence-electron chi connectivity index (χ3n) is 6.23. The number of anilines is 4. The summed E-state index contributed by atoms with van der Waals surface area (Å²) in [7, 11) is 0. The van der Waals surface area contributed by atoms with E-state index in [0.29, 0.717) is 23.0 Å². The fraction of sp³-hybridized carbons (Fsp3) is 0.231. The summed E-state index contributed by atoms with van der Waals surface area (Å²) in [5.41, 5.74) is 4.63. The Morgan fingerprint density at radius 1 is 1.17 bits per heavy atom. The maximum atomic E-state index is 11.7. The lowest BCUT2D eigenvalue weighted by Gasteiger charge is -2.33. The van der Waals surface area contributed by atoms with Gasteiger partial charge in [0.1, 0.15) is 0 Å². The number of rotatable bonds is 6. The molecule has 1 aliphatic rings. The van der Waals surface area contributed by atoms with Gasteiger partial charge in [0.2, 0.25) is 11.9 Å². The van der Waals surface area contributed by atoms with Crippen molar-refractivity contribution in [2.75, 3.05) is 28.6 Å². The molecule has 0 spiro atoms. The SMILES string of the molecule is C=CC(=O)Nc1cccc(-c2nc(Nc3ccc(Cl)c(N4CCC(C)CC4)c3)nc3[nH]ncc23)c1. The van der Waals surface area contributed by atoms with Crippen LogP contribution in [0.4, 0.5) is 23.0 Å². The number of hydrogen-bond donors (Lipinski definition) is 3. The minimum atomic E-state index is -0.276. The number of nitrogens with zero attached hydrogens (tertiary/aromatic N) is 4. The molecule has 35 heavy (non-hydrogen) atoms. The summed E-state index contributed by atoms with van der Waals surface area (Å²) in [6.45, 7) is 7.77. The quantitative estimate of drug-likeness (QED) is 0.298. The summed E-state index contributed by atoms with van der Waals surface area (Å²) in [6, 6.07) is 13.3. The van der Waals surface area contributed by atoms with Crippen molar-refractivity contribution in [3.05, 3.63) is 66.3 Å². The van der Waals surface area contributed by atoms with Crippen molar-refractivity contribution in [2.24, 2.45) is 5.92 Å². The third kappa shape index (κ3) is 4.97. The molecule has 2 aromatic heterocycles. The molecule has 1 saturated heterocycles. The van der Waals surface area contributed by atoms with Crippen molar-refractivity contribution in [1.29, 1.82) is 0 Å². The zero-order valence-electron chi connectivity index (χ0n) is 19.4. The molecule has 0 atom stereocenters. The lowest BCUT2D eigenvalue weighted by molar-refractivity contribution is -0.111. The highest BCUT2D eigenvalue weighted by atomic mass is 35.5. The molecule has 9 heteroatoms. The number of fused-ring (bicyclic) bond motifs is 1. The van der Waals surface area contributed by atoms with Crippen molar-refractivity contribution in [2.45, 2.75) is 19.8 Å². The molecule has 0 unspecified atom stereocenters. The van der Waals surface area contributed by atoms with Crippen LogP contribution in [0.25, 0.3) is 22.3 Å². The van der Waals surface area contributed by atoms with Gasteiger partial charge in [-0.25, -0.2) is 4.98 Å². The van der Waals surface area contributed by atoms with Crippen LogP contribution in [0.5, 0.6) is 0 Å². The molecule has 178 valence electrons. The van der Waals surface area contributed by atoms with E-state index in [1.807, 2.05) is 42.5 Å². The Balaban J connectivity index is 1.47. The Bertz CT molecular complexity index is 1390. The summed E-state index contributed by atoms with van der Waals surface area (Å²) in [5, 5.41) is 14.7. The van der Waals surface area contributed by atoms with Gasteiger partial charge in [0, 0.05) is 30.0 Å². The van der Waals surface area contributed by atoms with Gasteiger partial charge in [-0.15, -0.1) is 0 Å². The van der Waals surface area contributed by atoms with Crippen LogP contribution < -0.4 is 15.5 Å². The number of halogens is 1. The lowest BCUT2D eigenvalue weighted by Crippen LogP contribution is -2.32. The molecule has 1 fully saturated rings. The Kier molecular flexibility index (Phi) is 6.37. The van der Waals surface area contributed by atoms with Gasteiger partial charge in [0.15, 0.2) is 5.65 Å². The van der Waals surface area contributed by atoms with E-state index in [4.69, 9.17) is 16.6 Å². The molecule has 3 heterocycles.